The third kappa shape index (κ3) is 5.55. The number of ether oxygens (including phenoxy) is 2. The lowest BCUT2D eigenvalue weighted by Crippen LogP contribution is -2.18. The first-order chi connectivity index (χ1) is 10.9. The van der Waals surface area contributed by atoms with Crippen LogP contribution < -0.4 is 0 Å². The molecule has 0 fully saturated rings. The van der Waals surface area contributed by atoms with Crippen LogP contribution in [0.4, 0.5) is 0 Å². The van der Waals surface area contributed by atoms with Crippen LogP contribution in [0, 0.1) is 0 Å². The van der Waals surface area contributed by atoms with Gasteiger partial charge in [-0.2, -0.15) is 0 Å². The fourth-order valence-electron chi connectivity index (χ4n) is 1.92. The molecule has 124 valence electrons. The summed E-state index contributed by atoms with van der Waals surface area (Å²) in [6, 6.07) is 4.37. The number of aromatic carboxylic acids is 1. The van der Waals surface area contributed by atoms with E-state index in [-0.39, 0.29) is 30.8 Å². The minimum absolute atomic E-state index is 0.0969. The maximum atomic E-state index is 12.0. The number of benzene rings is 1. The topological polar surface area (TPSA) is 110 Å². The summed E-state index contributed by atoms with van der Waals surface area (Å²) in [6.07, 6.45) is 0.321. The second-order valence-electron chi connectivity index (χ2n) is 4.71. The number of hydrogen-bond donors (Lipinski definition) is 2. The molecule has 0 aliphatic rings. The Labute approximate surface area is 133 Å². The Morgan fingerprint density at radius 1 is 1.26 bits per heavy atom. The molecular weight excluding hydrogens is 304 g/mol. The SMILES string of the molecule is C=CC(=O)OCCOC(=O)c1cccc(CC(C)O)c1C(=O)O. The Kier molecular flexibility index (Phi) is 6.95. The van der Waals surface area contributed by atoms with E-state index in [0.717, 1.165) is 6.08 Å². The van der Waals surface area contributed by atoms with Crippen LogP contribution >= 0.6 is 0 Å². The quantitative estimate of drug-likeness (QED) is 0.420. The fourth-order valence-corrected chi connectivity index (χ4v) is 1.92. The molecule has 0 saturated heterocycles. The van der Waals surface area contributed by atoms with Crippen molar-refractivity contribution in [1.29, 1.82) is 0 Å². The van der Waals surface area contributed by atoms with Crippen LogP contribution in [-0.4, -0.2) is 47.4 Å². The van der Waals surface area contributed by atoms with E-state index in [2.05, 4.69) is 11.3 Å². The number of rotatable bonds is 8. The first kappa shape index (κ1) is 18.4. The average molecular weight is 322 g/mol. The molecule has 0 saturated carbocycles. The minimum atomic E-state index is -1.29. The van der Waals surface area contributed by atoms with Gasteiger partial charge >= 0.3 is 17.9 Å². The second kappa shape index (κ2) is 8.70. The summed E-state index contributed by atoms with van der Waals surface area (Å²) in [7, 11) is 0. The van der Waals surface area contributed by atoms with Gasteiger partial charge in [-0.25, -0.2) is 14.4 Å². The van der Waals surface area contributed by atoms with Gasteiger partial charge in [0.2, 0.25) is 0 Å². The highest BCUT2D eigenvalue weighted by molar-refractivity contribution is 6.03. The fraction of sp³-hybridized carbons (Fsp3) is 0.312. The lowest BCUT2D eigenvalue weighted by atomic mass is 9.97. The lowest BCUT2D eigenvalue weighted by molar-refractivity contribution is -0.138. The van der Waals surface area contributed by atoms with Gasteiger partial charge in [0.05, 0.1) is 17.2 Å². The molecule has 0 heterocycles. The number of aliphatic hydroxyl groups is 1. The zero-order valence-electron chi connectivity index (χ0n) is 12.7. The van der Waals surface area contributed by atoms with E-state index in [1.54, 1.807) is 0 Å². The van der Waals surface area contributed by atoms with Gasteiger partial charge in [0, 0.05) is 6.08 Å². The molecule has 0 amide bonds. The second-order valence-corrected chi connectivity index (χ2v) is 4.71. The minimum Gasteiger partial charge on any atom is -0.478 e. The number of esters is 2. The largest absolute Gasteiger partial charge is 0.478 e. The lowest BCUT2D eigenvalue weighted by Gasteiger charge is -2.12. The van der Waals surface area contributed by atoms with Gasteiger partial charge in [-0.15, -0.1) is 0 Å². The molecule has 0 aliphatic heterocycles. The molecule has 0 bridgehead atoms. The third-order valence-electron chi connectivity index (χ3n) is 2.83. The number of carboxylic acids is 1. The van der Waals surface area contributed by atoms with Crippen LogP contribution in [0.15, 0.2) is 30.9 Å². The monoisotopic (exact) mass is 322 g/mol. The van der Waals surface area contributed by atoms with Crippen LogP contribution in [0.1, 0.15) is 33.2 Å². The van der Waals surface area contributed by atoms with Gasteiger partial charge in [0.25, 0.3) is 0 Å². The zero-order chi connectivity index (χ0) is 17.4. The Balaban J connectivity index is 2.85. The van der Waals surface area contributed by atoms with Crippen molar-refractivity contribution in [3.05, 3.63) is 47.5 Å². The van der Waals surface area contributed by atoms with E-state index in [1.807, 2.05) is 0 Å². The summed E-state index contributed by atoms with van der Waals surface area (Å²) in [4.78, 5) is 34.3. The van der Waals surface area contributed by atoms with Crippen molar-refractivity contribution in [2.45, 2.75) is 19.4 Å². The first-order valence-electron chi connectivity index (χ1n) is 6.86. The van der Waals surface area contributed by atoms with Gasteiger partial charge < -0.3 is 19.7 Å². The third-order valence-corrected chi connectivity index (χ3v) is 2.83. The summed E-state index contributed by atoms with van der Waals surface area (Å²) in [6.45, 7) is 4.37. The Bertz CT molecular complexity index is 604. The molecule has 0 spiro atoms. The summed E-state index contributed by atoms with van der Waals surface area (Å²) in [5.41, 5.74) is 0.00668. The van der Waals surface area contributed by atoms with E-state index in [4.69, 9.17) is 4.74 Å². The highest BCUT2D eigenvalue weighted by Gasteiger charge is 2.22. The van der Waals surface area contributed by atoms with E-state index < -0.39 is 24.0 Å². The van der Waals surface area contributed by atoms with Gasteiger partial charge in [0.15, 0.2) is 0 Å². The molecule has 0 radical (unpaired) electrons. The van der Waals surface area contributed by atoms with Crippen molar-refractivity contribution in [1.82, 2.24) is 0 Å². The van der Waals surface area contributed by atoms with Crippen molar-refractivity contribution in [2.75, 3.05) is 13.2 Å². The number of aliphatic hydroxyl groups excluding tert-OH is 1. The molecule has 23 heavy (non-hydrogen) atoms. The number of carbonyl (C=O) groups excluding carboxylic acids is 2. The number of carbonyl (C=O) groups is 3. The van der Waals surface area contributed by atoms with E-state index in [1.165, 1.54) is 25.1 Å². The van der Waals surface area contributed by atoms with Gasteiger partial charge in [-0.05, 0) is 25.0 Å². The highest BCUT2D eigenvalue weighted by atomic mass is 16.6. The molecule has 1 unspecified atom stereocenters. The van der Waals surface area contributed by atoms with Crippen LogP contribution in [0.25, 0.3) is 0 Å². The van der Waals surface area contributed by atoms with E-state index in [9.17, 15) is 24.6 Å². The Morgan fingerprint density at radius 3 is 2.48 bits per heavy atom. The predicted octanol–water partition coefficient (Wildman–Crippen LogP) is 1.19. The standard InChI is InChI=1S/C16H18O7/c1-3-13(18)22-7-8-23-16(21)12-6-4-5-11(9-10(2)17)14(12)15(19)20/h3-6,10,17H,1,7-9H2,2H3,(H,19,20). The Hall–Kier alpha value is -2.67. The predicted molar refractivity (Wildman–Crippen MR) is 80.2 cm³/mol. The number of hydrogen-bond acceptors (Lipinski definition) is 6. The molecule has 1 atom stereocenters. The van der Waals surface area contributed by atoms with Crippen molar-refractivity contribution < 1.29 is 34.1 Å². The smallest absolute Gasteiger partial charge is 0.339 e. The molecule has 2 N–H and O–H groups in total. The molecular formula is C16H18O7. The van der Waals surface area contributed by atoms with Crippen LogP contribution in [0.5, 0.6) is 0 Å². The molecule has 7 nitrogen and oxygen atoms in total. The van der Waals surface area contributed by atoms with Crippen LogP contribution in [0.2, 0.25) is 0 Å². The maximum Gasteiger partial charge on any atom is 0.339 e. The van der Waals surface area contributed by atoms with Crippen molar-refractivity contribution in [3.8, 4) is 0 Å². The maximum absolute atomic E-state index is 12.0. The zero-order valence-corrected chi connectivity index (χ0v) is 12.7. The van der Waals surface area contributed by atoms with Crippen molar-refractivity contribution in [2.24, 2.45) is 0 Å². The summed E-state index contributed by atoms with van der Waals surface area (Å²) >= 11 is 0. The molecule has 1 aromatic rings. The van der Waals surface area contributed by atoms with Gasteiger partial charge in [-0.3, -0.25) is 0 Å². The highest BCUT2D eigenvalue weighted by Crippen LogP contribution is 2.18. The summed E-state index contributed by atoms with van der Waals surface area (Å²) < 4.78 is 9.55. The van der Waals surface area contributed by atoms with Gasteiger partial charge in [0.1, 0.15) is 13.2 Å². The first-order valence-corrected chi connectivity index (χ1v) is 6.86. The molecule has 1 aromatic carbocycles. The number of carboxylic acid groups (broad SMARTS) is 1. The van der Waals surface area contributed by atoms with Crippen molar-refractivity contribution in [3.63, 3.8) is 0 Å². The summed E-state index contributed by atoms with van der Waals surface area (Å²) in [5, 5.41) is 18.7. The van der Waals surface area contributed by atoms with Crippen LogP contribution in [-0.2, 0) is 20.7 Å². The van der Waals surface area contributed by atoms with Crippen molar-refractivity contribution >= 4 is 17.9 Å². The molecule has 7 heteroatoms. The van der Waals surface area contributed by atoms with E-state index in [0.29, 0.717) is 5.56 Å². The Morgan fingerprint density at radius 2 is 1.91 bits per heavy atom. The molecule has 0 aliphatic carbocycles. The summed E-state index contributed by atoms with van der Waals surface area (Å²) in [5.74, 6) is -2.78. The van der Waals surface area contributed by atoms with Gasteiger partial charge in [-0.1, -0.05) is 18.7 Å². The molecule has 0 aromatic heterocycles. The normalized spacial score (nSPS) is 11.4. The van der Waals surface area contributed by atoms with E-state index >= 15 is 0 Å². The van der Waals surface area contributed by atoms with Crippen LogP contribution in [0.3, 0.4) is 0 Å². The average Bonchev–Trinajstić information content (AvgIpc) is 2.49. The molecule has 1 rings (SSSR count).